The number of nitrogens with zero attached hydrogens (tertiary/aromatic N) is 2. The maximum absolute atomic E-state index is 13.8. The van der Waals surface area contributed by atoms with Crippen LogP contribution in [0.3, 0.4) is 0 Å². The summed E-state index contributed by atoms with van der Waals surface area (Å²) in [4.78, 5) is 28.5. The molecule has 38 heavy (non-hydrogen) atoms. The van der Waals surface area contributed by atoms with E-state index in [1.54, 1.807) is 6.92 Å². The highest BCUT2D eigenvalue weighted by molar-refractivity contribution is 7.92. The number of nitrogens with one attached hydrogen (secondary N) is 1. The molecule has 0 saturated heterocycles. The first-order valence-corrected chi connectivity index (χ1v) is 15.4. The van der Waals surface area contributed by atoms with Gasteiger partial charge in [-0.3, -0.25) is 13.9 Å². The van der Waals surface area contributed by atoms with Crippen molar-refractivity contribution >= 4 is 62.3 Å². The Kier molecular flexibility index (Phi) is 10.7. The summed E-state index contributed by atoms with van der Waals surface area (Å²) in [5.74, 6) is -1.38. The molecule has 12 heteroatoms. The van der Waals surface area contributed by atoms with Crippen LogP contribution in [0.2, 0.25) is 15.1 Å². The molecule has 0 heterocycles. The number of anilines is 1. The number of sulfonamides is 1. The van der Waals surface area contributed by atoms with E-state index in [1.165, 1.54) is 41.3 Å². The van der Waals surface area contributed by atoms with Gasteiger partial charge in [-0.1, -0.05) is 73.1 Å². The Morgan fingerprint density at radius 1 is 1.03 bits per heavy atom. The standard InChI is InChI=1S/C26H31Cl3FN3O4S/c1-3-23(26(35)31-19-7-5-4-6-8-19)32(15-17-9-11-18(30)12-10-17)25(34)16-33(38(2,36)37)24-14-21(28)20(27)13-22(24)29/h9-14,19,23H,3-8,15-16H2,1-2H3,(H,31,35). The topological polar surface area (TPSA) is 86.8 Å². The lowest BCUT2D eigenvalue weighted by molar-refractivity contribution is -0.140. The molecule has 1 aliphatic carbocycles. The zero-order chi connectivity index (χ0) is 28.0. The Hall–Kier alpha value is -2.07. The normalized spacial score (nSPS) is 15.1. The summed E-state index contributed by atoms with van der Waals surface area (Å²) >= 11 is 18.4. The van der Waals surface area contributed by atoms with Gasteiger partial charge in [0.1, 0.15) is 18.4 Å². The van der Waals surface area contributed by atoms with Crippen molar-refractivity contribution in [3.63, 3.8) is 0 Å². The molecule has 2 aromatic rings. The van der Waals surface area contributed by atoms with Gasteiger partial charge < -0.3 is 10.2 Å². The van der Waals surface area contributed by atoms with Crippen LogP contribution in [-0.4, -0.2) is 50.0 Å². The highest BCUT2D eigenvalue weighted by Crippen LogP contribution is 2.35. The Morgan fingerprint density at radius 3 is 2.21 bits per heavy atom. The second-order valence-corrected chi connectivity index (χ2v) is 12.5. The van der Waals surface area contributed by atoms with E-state index in [-0.39, 0.29) is 45.7 Å². The van der Waals surface area contributed by atoms with Gasteiger partial charge in [0.15, 0.2) is 0 Å². The first-order valence-electron chi connectivity index (χ1n) is 12.4. The molecule has 1 fully saturated rings. The van der Waals surface area contributed by atoms with Crippen LogP contribution in [0.15, 0.2) is 36.4 Å². The van der Waals surface area contributed by atoms with Crippen LogP contribution in [0.4, 0.5) is 10.1 Å². The molecular weight excluding hydrogens is 576 g/mol. The summed E-state index contributed by atoms with van der Waals surface area (Å²) in [7, 11) is -4.00. The Bertz CT molecular complexity index is 1260. The van der Waals surface area contributed by atoms with E-state index >= 15 is 0 Å². The maximum atomic E-state index is 13.8. The summed E-state index contributed by atoms with van der Waals surface area (Å²) in [5.41, 5.74) is 0.570. The SMILES string of the molecule is CCC(C(=O)NC1CCCCC1)N(Cc1ccc(F)cc1)C(=O)CN(c1cc(Cl)c(Cl)cc1Cl)S(C)(=O)=O. The lowest BCUT2D eigenvalue weighted by atomic mass is 9.95. The fourth-order valence-corrected chi connectivity index (χ4v) is 6.09. The van der Waals surface area contributed by atoms with Crippen LogP contribution >= 0.6 is 34.8 Å². The van der Waals surface area contributed by atoms with Crippen molar-refractivity contribution < 1.29 is 22.4 Å². The molecule has 1 atom stereocenters. The molecule has 0 aromatic heterocycles. The number of benzene rings is 2. The minimum Gasteiger partial charge on any atom is -0.352 e. The molecule has 0 aliphatic heterocycles. The lowest BCUT2D eigenvalue weighted by Crippen LogP contribution is -2.54. The Balaban J connectivity index is 1.95. The zero-order valence-electron chi connectivity index (χ0n) is 21.2. The van der Waals surface area contributed by atoms with Gasteiger partial charge in [0.2, 0.25) is 21.8 Å². The van der Waals surface area contributed by atoms with E-state index in [2.05, 4.69) is 5.32 Å². The molecule has 2 aromatic carbocycles. The van der Waals surface area contributed by atoms with Crippen LogP contribution in [-0.2, 0) is 26.2 Å². The second-order valence-electron chi connectivity index (χ2n) is 9.40. The van der Waals surface area contributed by atoms with Crippen LogP contribution in [0, 0.1) is 5.82 Å². The number of hydrogen-bond donors (Lipinski definition) is 1. The molecule has 7 nitrogen and oxygen atoms in total. The number of halogens is 4. The van der Waals surface area contributed by atoms with E-state index in [9.17, 15) is 22.4 Å². The van der Waals surface area contributed by atoms with Crippen molar-refractivity contribution in [3.8, 4) is 0 Å². The fourth-order valence-electron chi connectivity index (χ4n) is 4.55. The van der Waals surface area contributed by atoms with Crippen LogP contribution < -0.4 is 9.62 Å². The minimum absolute atomic E-state index is 0.00945. The van der Waals surface area contributed by atoms with E-state index in [0.717, 1.165) is 42.7 Å². The molecule has 3 rings (SSSR count). The molecule has 0 bridgehead atoms. The number of amides is 2. The van der Waals surface area contributed by atoms with Gasteiger partial charge in [-0.05, 0) is 49.1 Å². The first kappa shape index (κ1) is 30.5. The predicted octanol–water partition coefficient (Wildman–Crippen LogP) is 5.81. The molecule has 208 valence electrons. The van der Waals surface area contributed by atoms with Gasteiger partial charge in [-0.2, -0.15) is 0 Å². The average Bonchev–Trinajstić information content (AvgIpc) is 2.86. The molecule has 1 aliphatic rings. The van der Waals surface area contributed by atoms with Gasteiger partial charge in [-0.25, -0.2) is 12.8 Å². The van der Waals surface area contributed by atoms with Gasteiger partial charge in [0.05, 0.1) is 27.0 Å². The molecule has 0 spiro atoms. The smallest absolute Gasteiger partial charge is 0.244 e. The summed E-state index contributed by atoms with van der Waals surface area (Å²) in [6, 6.07) is 7.29. The van der Waals surface area contributed by atoms with Crippen LogP contribution in [0.1, 0.15) is 51.0 Å². The summed E-state index contributed by atoms with van der Waals surface area (Å²) < 4.78 is 39.9. The van der Waals surface area contributed by atoms with Crippen molar-refractivity contribution in [1.82, 2.24) is 10.2 Å². The average molecular weight is 607 g/mol. The zero-order valence-corrected chi connectivity index (χ0v) is 24.3. The van der Waals surface area contributed by atoms with Gasteiger partial charge in [0, 0.05) is 12.6 Å². The molecule has 1 N–H and O–H groups in total. The van der Waals surface area contributed by atoms with E-state index < -0.39 is 34.3 Å². The first-order chi connectivity index (χ1) is 17.9. The number of hydrogen-bond acceptors (Lipinski definition) is 4. The van der Waals surface area contributed by atoms with Crippen molar-refractivity contribution in [2.75, 3.05) is 17.1 Å². The largest absolute Gasteiger partial charge is 0.352 e. The summed E-state index contributed by atoms with van der Waals surface area (Å²) in [5, 5.41) is 3.24. The number of carbonyl (C=O) groups is 2. The van der Waals surface area contributed by atoms with E-state index in [4.69, 9.17) is 34.8 Å². The van der Waals surface area contributed by atoms with Crippen molar-refractivity contribution in [1.29, 1.82) is 0 Å². The highest BCUT2D eigenvalue weighted by Gasteiger charge is 2.33. The third-order valence-electron chi connectivity index (χ3n) is 6.54. The third-order valence-corrected chi connectivity index (χ3v) is 8.69. The minimum atomic E-state index is -4.00. The molecule has 0 radical (unpaired) electrons. The fraction of sp³-hybridized carbons (Fsp3) is 0.462. The quantitative estimate of drug-likeness (QED) is 0.346. The summed E-state index contributed by atoms with van der Waals surface area (Å²) in [6.07, 6.45) is 6.13. The van der Waals surface area contributed by atoms with Gasteiger partial charge in [-0.15, -0.1) is 0 Å². The summed E-state index contributed by atoms with van der Waals surface area (Å²) in [6.45, 7) is 1.12. The molecular formula is C26H31Cl3FN3O4S. The van der Waals surface area contributed by atoms with Crippen LogP contribution in [0.5, 0.6) is 0 Å². The molecule has 1 saturated carbocycles. The Labute approximate surface area is 238 Å². The number of rotatable bonds is 10. The van der Waals surface area contributed by atoms with Gasteiger partial charge >= 0.3 is 0 Å². The molecule has 2 amide bonds. The van der Waals surface area contributed by atoms with E-state index in [1.807, 2.05) is 0 Å². The van der Waals surface area contributed by atoms with Crippen LogP contribution in [0.25, 0.3) is 0 Å². The van der Waals surface area contributed by atoms with Crippen molar-refractivity contribution in [3.05, 3.63) is 62.8 Å². The highest BCUT2D eigenvalue weighted by atomic mass is 35.5. The van der Waals surface area contributed by atoms with Gasteiger partial charge in [0.25, 0.3) is 0 Å². The second kappa shape index (κ2) is 13.3. The van der Waals surface area contributed by atoms with Crippen molar-refractivity contribution in [2.24, 2.45) is 0 Å². The Morgan fingerprint density at radius 2 is 1.63 bits per heavy atom. The van der Waals surface area contributed by atoms with Crippen molar-refractivity contribution in [2.45, 2.75) is 64.1 Å². The maximum Gasteiger partial charge on any atom is 0.244 e. The third kappa shape index (κ3) is 7.97. The molecule has 1 unspecified atom stereocenters. The monoisotopic (exact) mass is 605 g/mol. The van der Waals surface area contributed by atoms with E-state index in [0.29, 0.717) is 5.56 Å². The predicted molar refractivity (Wildman–Crippen MR) is 150 cm³/mol. The number of carbonyl (C=O) groups excluding carboxylic acids is 2. The lowest BCUT2D eigenvalue weighted by Gasteiger charge is -2.34.